The average Bonchev–Trinajstić information content (AvgIpc) is 4.06. The first-order chi connectivity index (χ1) is 31.2. The molecular formula is C61H38S2. The second-order valence-corrected chi connectivity index (χ2v) is 18.8. The highest BCUT2D eigenvalue weighted by molar-refractivity contribution is 7.27. The van der Waals surface area contributed by atoms with E-state index in [2.05, 4.69) is 218 Å². The van der Waals surface area contributed by atoms with Crippen molar-refractivity contribution in [2.45, 2.75) is 6.42 Å². The number of thiophene rings is 2. The Morgan fingerprint density at radius 1 is 0.222 bits per heavy atom. The molecule has 0 radical (unpaired) electrons. The molecule has 1 aliphatic rings. The molecule has 2 aromatic heterocycles. The van der Waals surface area contributed by atoms with Gasteiger partial charge in [-0.2, -0.15) is 0 Å². The summed E-state index contributed by atoms with van der Waals surface area (Å²) in [5.41, 5.74) is 20.7. The van der Waals surface area contributed by atoms with Crippen LogP contribution in [0.3, 0.4) is 0 Å². The summed E-state index contributed by atoms with van der Waals surface area (Å²) in [4.78, 5) is 0. The molecule has 13 rings (SSSR count). The summed E-state index contributed by atoms with van der Waals surface area (Å²) in [7, 11) is 0. The zero-order chi connectivity index (χ0) is 41.4. The van der Waals surface area contributed by atoms with Crippen molar-refractivity contribution in [2.75, 3.05) is 0 Å². The lowest BCUT2D eigenvalue weighted by Gasteiger charge is -2.10. The van der Waals surface area contributed by atoms with Gasteiger partial charge in [0.25, 0.3) is 0 Å². The van der Waals surface area contributed by atoms with Crippen molar-refractivity contribution >= 4 is 63.0 Å². The topological polar surface area (TPSA) is 0 Å². The molecule has 0 saturated carbocycles. The Labute approximate surface area is 374 Å². The molecule has 0 unspecified atom stereocenters. The third-order valence-corrected chi connectivity index (χ3v) is 15.7. The molecule has 0 atom stereocenters. The number of hydrogen-bond acceptors (Lipinski definition) is 2. The predicted molar refractivity (Wildman–Crippen MR) is 273 cm³/mol. The molecule has 0 bridgehead atoms. The van der Waals surface area contributed by atoms with Crippen LogP contribution in [-0.2, 0) is 6.42 Å². The Morgan fingerprint density at radius 3 is 0.921 bits per heavy atom. The van der Waals surface area contributed by atoms with Gasteiger partial charge in [-0.3, -0.25) is 0 Å². The van der Waals surface area contributed by atoms with Gasteiger partial charge in [0, 0.05) is 40.3 Å². The Morgan fingerprint density at radius 2 is 0.540 bits per heavy atom. The minimum absolute atomic E-state index is 0.961. The van der Waals surface area contributed by atoms with Crippen molar-refractivity contribution in [2.24, 2.45) is 0 Å². The molecule has 2 heterocycles. The quantitative estimate of drug-likeness (QED) is 0.157. The summed E-state index contributed by atoms with van der Waals surface area (Å²) < 4.78 is 5.36. The normalized spacial score (nSPS) is 12.1. The SMILES string of the molecule is c1ccc(-c2cccc(-c3cccc4c3sc3c(-c5ccc6c(c5)-c5cc(-c7cccc8c7sc7c(-c9cccc(-c%10ccccc%10)c9)cccc78)ccc5C6)cccc34)c2)cc1. The van der Waals surface area contributed by atoms with Gasteiger partial charge in [-0.25, -0.2) is 0 Å². The number of fused-ring (bicyclic) bond motifs is 9. The molecule has 0 N–H and O–H groups in total. The summed E-state index contributed by atoms with van der Waals surface area (Å²) >= 11 is 3.86. The van der Waals surface area contributed by atoms with Crippen LogP contribution in [0, 0.1) is 0 Å². The standard InChI is InChI=1S/C61H38S2/c1-3-13-38(14-4-1)40-17-7-19-42(33-40)48-21-9-25-52-54-27-11-23-50(60(54)62-58(48)52)46-31-29-44-35-45-30-32-47(37-57(45)56(44)36-46)51-24-12-28-55-53-26-10-22-49(59(53)63-61(51)55)43-20-8-18-41(34-43)39-15-5-2-6-16-39/h1-34,36-37H,35H2. The maximum absolute atomic E-state index is 2.46. The third kappa shape index (κ3) is 6.02. The van der Waals surface area contributed by atoms with E-state index in [0.717, 1.165) is 6.42 Å². The van der Waals surface area contributed by atoms with Crippen molar-refractivity contribution in [3.8, 4) is 77.9 Å². The van der Waals surface area contributed by atoms with Crippen molar-refractivity contribution in [1.82, 2.24) is 0 Å². The molecule has 2 heteroatoms. The van der Waals surface area contributed by atoms with E-state index in [9.17, 15) is 0 Å². The van der Waals surface area contributed by atoms with Gasteiger partial charge in [-0.15, -0.1) is 22.7 Å². The summed E-state index contributed by atoms with van der Waals surface area (Å²) in [6, 6.07) is 81.0. The van der Waals surface area contributed by atoms with E-state index in [0.29, 0.717) is 0 Å². The molecule has 10 aromatic carbocycles. The highest BCUT2D eigenvalue weighted by atomic mass is 32.1. The van der Waals surface area contributed by atoms with Crippen LogP contribution in [0.1, 0.15) is 11.1 Å². The van der Waals surface area contributed by atoms with Gasteiger partial charge in [0.15, 0.2) is 0 Å². The first-order valence-electron chi connectivity index (χ1n) is 21.7. The van der Waals surface area contributed by atoms with Gasteiger partial charge in [0.1, 0.15) is 0 Å². The fraction of sp³-hybridized carbons (Fsp3) is 0.0164. The monoisotopic (exact) mass is 834 g/mol. The first kappa shape index (κ1) is 36.3. The molecule has 0 aliphatic heterocycles. The summed E-state index contributed by atoms with van der Waals surface area (Å²) in [5, 5.41) is 5.28. The smallest absolute Gasteiger partial charge is 0.0434 e. The summed E-state index contributed by atoms with van der Waals surface area (Å²) in [6.07, 6.45) is 0.961. The first-order valence-corrected chi connectivity index (χ1v) is 23.3. The lowest BCUT2D eigenvalue weighted by Crippen LogP contribution is -1.84. The van der Waals surface area contributed by atoms with E-state index in [4.69, 9.17) is 0 Å². The molecule has 0 nitrogen and oxygen atoms in total. The van der Waals surface area contributed by atoms with Crippen LogP contribution in [0.15, 0.2) is 218 Å². The van der Waals surface area contributed by atoms with Gasteiger partial charge in [-0.05, 0) is 120 Å². The number of hydrogen-bond donors (Lipinski definition) is 0. The fourth-order valence-corrected chi connectivity index (χ4v) is 12.8. The number of rotatable bonds is 6. The van der Waals surface area contributed by atoms with Crippen LogP contribution in [-0.4, -0.2) is 0 Å². The van der Waals surface area contributed by atoms with Crippen molar-refractivity contribution in [1.29, 1.82) is 0 Å². The minimum Gasteiger partial charge on any atom is -0.134 e. The van der Waals surface area contributed by atoms with Crippen molar-refractivity contribution < 1.29 is 0 Å². The highest BCUT2D eigenvalue weighted by Gasteiger charge is 2.22. The van der Waals surface area contributed by atoms with Crippen LogP contribution in [0.4, 0.5) is 0 Å². The average molecular weight is 835 g/mol. The maximum atomic E-state index is 2.46. The van der Waals surface area contributed by atoms with Gasteiger partial charge < -0.3 is 0 Å². The fourth-order valence-electron chi connectivity index (χ4n) is 10.0. The Hall–Kier alpha value is -7.36. The second kappa shape index (κ2) is 14.6. The van der Waals surface area contributed by atoms with E-state index in [-0.39, 0.29) is 0 Å². The third-order valence-electron chi connectivity index (χ3n) is 13.1. The lowest BCUT2D eigenvalue weighted by molar-refractivity contribution is 1.26. The van der Waals surface area contributed by atoms with Gasteiger partial charge in [0.2, 0.25) is 0 Å². The molecule has 1 aliphatic carbocycles. The van der Waals surface area contributed by atoms with E-state index in [1.165, 1.54) is 129 Å². The molecule has 294 valence electrons. The number of benzene rings is 10. The lowest BCUT2D eigenvalue weighted by atomic mass is 9.95. The largest absolute Gasteiger partial charge is 0.134 e. The molecule has 0 fully saturated rings. The Kier molecular flexibility index (Phi) is 8.44. The zero-order valence-corrected chi connectivity index (χ0v) is 35.9. The Balaban J connectivity index is 0.890. The van der Waals surface area contributed by atoms with Crippen molar-refractivity contribution in [3.63, 3.8) is 0 Å². The molecule has 0 spiro atoms. The molecule has 63 heavy (non-hydrogen) atoms. The van der Waals surface area contributed by atoms with Gasteiger partial charge in [-0.1, -0.05) is 194 Å². The predicted octanol–water partition coefficient (Wildman–Crippen LogP) is 18.0. The Bertz CT molecular complexity index is 3510. The summed E-state index contributed by atoms with van der Waals surface area (Å²) in [5.74, 6) is 0. The van der Waals surface area contributed by atoms with Gasteiger partial charge >= 0.3 is 0 Å². The summed E-state index contributed by atoms with van der Waals surface area (Å²) in [6.45, 7) is 0. The van der Waals surface area contributed by atoms with Gasteiger partial charge in [0.05, 0.1) is 0 Å². The van der Waals surface area contributed by atoms with Crippen molar-refractivity contribution in [3.05, 3.63) is 230 Å². The van der Waals surface area contributed by atoms with E-state index < -0.39 is 0 Å². The highest BCUT2D eigenvalue weighted by Crippen LogP contribution is 2.48. The molecule has 12 aromatic rings. The van der Waals surface area contributed by atoms with Crippen LogP contribution in [0.2, 0.25) is 0 Å². The van der Waals surface area contributed by atoms with Crippen LogP contribution in [0.5, 0.6) is 0 Å². The van der Waals surface area contributed by atoms with Crippen LogP contribution >= 0.6 is 22.7 Å². The van der Waals surface area contributed by atoms with E-state index in [1.807, 2.05) is 22.7 Å². The molecule has 0 amide bonds. The molecule has 0 saturated heterocycles. The zero-order valence-electron chi connectivity index (χ0n) is 34.3. The molecular weight excluding hydrogens is 797 g/mol. The van der Waals surface area contributed by atoms with Crippen LogP contribution < -0.4 is 0 Å². The van der Waals surface area contributed by atoms with E-state index in [1.54, 1.807) is 0 Å². The second-order valence-electron chi connectivity index (χ2n) is 16.7. The maximum Gasteiger partial charge on any atom is 0.0434 e. The van der Waals surface area contributed by atoms with Crippen LogP contribution in [0.25, 0.3) is 118 Å². The minimum atomic E-state index is 0.961. The van der Waals surface area contributed by atoms with E-state index >= 15 is 0 Å².